The number of likely N-dealkylation sites (tertiary alicyclic amines) is 1. The Morgan fingerprint density at radius 1 is 1.07 bits per heavy atom. The van der Waals surface area contributed by atoms with Crippen LogP contribution in [0.4, 0.5) is 5.69 Å². The Labute approximate surface area is 166 Å². The first kappa shape index (κ1) is 18.7. The minimum Gasteiger partial charge on any atom is -0.497 e. The molecule has 2 heterocycles. The molecular formula is C23H28N2O3. The number of rotatable bonds is 5. The van der Waals surface area contributed by atoms with Gasteiger partial charge in [-0.15, -0.1) is 0 Å². The van der Waals surface area contributed by atoms with E-state index < -0.39 is 0 Å². The highest BCUT2D eigenvalue weighted by atomic mass is 16.5. The van der Waals surface area contributed by atoms with Crippen LogP contribution in [0.3, 0.4) is 0 Å². The zero-order chi connectivity index (χ0) is 19.5. The lowest BCUT2D eigenvalue weighted by Gasteiger charge is -2.34. The lowest BCUT2D eigenvalue weighted by molar-refractivity contribution is -0.130. The first-order valence-corrected chi connectivity index (χ1v) is 10.1. The number of nitrogens with zero attached hydrogens (tertiary/aromatic N) is 2. The van der Waals surface area contributed by atoms with E-state index in [0.29, 0.717) is 6.54 Å². The quantitative estimate of drug-likeness (QED) is 0.791. The summed E-state index contributed by atoms with van der Waals surface area (Å²) in [5.74, 6) is 1.79. The van der Waals surface area contributed by atoms with Crippen LogP contribution in [0.1, 0.15) is 36.4 Å². The second-order valence-corrected chi connectivity index (χ2v) is 7.51. The third kappa shape index (κ3) is 3.53. The van der Waals surface area contributed by atoms with Gasteiger partial charge in [0, 0.05) is 24.3 Å². The summed E-state index contributed by atoms with van der Waals surface area (Å²) in [6, 6.07) is 14.3. The van der Waals surface area contributed by atoms with Crippen LogP contribution in [0.2, 0.25) is 0 Å². The van der Waals surface area contributed by atoms with Crippen LogP contribution in [-0.2, 0) is 11.2 Å². The molecule has 1 amide bonds. The van der Waals surface area contributed by atoms with Crippen molar-refractivity contribution in [3.8, 4) is 11.5 Å². The molecule has 0 spiro atoms. The van der Waals surface area contributed by atoms with Crippen molar-refractivity contribution in [1.82, 2.24) is 4.90 Å². The minimum absolute atomic E-state index is 0.0394. The molecule has 5 nitrogen and oxygen atoms in total. The highest BCUT2D eigenvalue weighted by molar-refractivity contribution is 5.83. The fourth-order valence-electron chi connectivity index (χ4n) is 4.52. The topological polar surface area (TPSA) is 42.0 Å². The van der Waals surface area contributed by atoms with Crippen LogP contribution in [0.15, 0.2) is 42.5 Å². The van der Waals surface area contributed by atoms with Gasteiger partial charge < -0.3 is 19.3 Å². The van der Waals surface area contributed by atoms with Crippen molar-refractivity contribution in [3.63, 3.8) is 0 Å². The van der Waals surface area contributed by atoms with E-state index in [-0.39, 0.29) is 11.9 Å². The number of carbonyl (C=O) groups excluding carboxylic acids is 1. The standard InChI is InChI=1S/C23H28N2O3/c1-27-18-11-12-22(28-2)19(15-18)21-10-6-14-25(21)23(26)16-24-13-5-8-17-7-3-4-9-20(17)24/h3-4,7,9,11-12,15,21H,5-6,8,10,13-14,16H2,1-2H3/t21-/m1/s1. The molecule has 0 aromatic heterocycles. The highest BCUT2D eigenvalue weighted by Crippen LogP contribution is 2.39. The number of methoxy groups -OCH3 is 2. The normalized spacial score (nSPS) is 18.7. The van der Waals surface area contributed by atoms with E-state index in [1.807, 2.05) is 23.1 Å². The molecule has 5 heteroatoms. The second kappa shape index (κ2) is 8.13. The minimum atomic E-state index is 0.0394. The molecule has 148 valence electrons. The summed E-state index contributed by atoms with van der Waals surface area (Å²) in [5.41, 5.74) is 3.58. The number of anilines is 1. The third-order valence-corrected chi connectivity index (χ3v) is 5.90. The van der Waals surface area contributed by atoms with Crippen molar-refractivity contribution in [2.45, 2.75) is 31.7 Å². The number of ether oxygens (including phenoxy) is 2. The number of hydrogen-bond donors (Lipinski definition) is 0. The molecule has 0 saturated carbocycles. The lowest BCUT2D eigenvalue weighted by atomic mass is 10.0. The third-order valence-electron chi connectivity index (χ3n) is 5.90. The predicted octanol–water partition coefficient (Wildman–Crippen LogP) is 3.82. The zero-order valence-electron chi connectivity index (χ0n) is 16.7. The number of aryl methyl sites for hydroxylation is 1. The maximum atomic E-state index is 13.3. The number of benzene rings is 2. The average molecular weight is 380 g/mol. The second-order valence-electron chi connectivity index (χ2n) is 7.51. The Hall–Kier alpha value is -2.69. The number of carbonyl (C=O) groups is 1. The summed E-state index contributed by atoms with van der Waals surface area (Å²) in [6.45, 7) is 2.16. The molecule has 1 saturated heterocycles. The smallest absolute Gasteiger partial charge is 0.242 e. The van der Waals surface area contributed by atoms with E-state index in [2.05, 4.69) is 29.2 Å². The zero-order valence-corrected chi connectivity index (χ0v) is 16.7. The SMILES string of the molecule is COc1ccc(OC)c([C@H]2CCCN2C(=O)CN2CCCc3ccccc32)c1. The first-order chi connectivity index (χ1) is 13.7. The highest BCUT2D eigenvalue weighted by Gasteiger charge is 2.33. The fraction of sp³-hybridized carbons (Fsp3) is 0.435. The van der Waals surface area contributed by atoms with Crippen LogP contribution in [0, 0.1) is 0 Å². The van der Waals surface area contributed by atoms with Gasteiger partial charge in [-0.2, -0.15) is 0 Å². The Morgan fingerprint density at radius 3 is 2.75 bits per heavy atom. The van der Waals surface area contributed by atoms with Crippen molar-refractivity contribution in [1.29, 1.82) is 0 Å². The maximum absolute atomic E-state index is 13.3. The van der Waals surface area contributed by atoms with Crippen LogP contribution in [0.5, 0.6) is 11.5 Å². The van der Waals surface area contributed by atoms with Crippen molar-refractivity contribution in [2.75, 3.05) is 38.8 Å². The molecule has 2 aromatic carbocycles. The summed E-state index contributed by atoms with van der Waals surface area (Å²) in [5, 5.41) is 0. The van der Waals surface area contributed by atoms with Crippen molar-refractivity contribution < 1.29 is 14.3 Å². The molecular weight excluding hydrogens is 352 g/mol. The Kier molecular flexibility index (Phi) is 5.42. The predicted molar refractivity (Wildman–Crippen MR) is 110 cm³/mol. The molecule has 0 aliphatic carbocycles. The fourth-order valence-corrected chi connectivity index (χ4v) is 4.52. The van der Waals surface area contributed by atoms with Crippen LogP contribution < -0.4 is 14.4 Å². The van der Waals surface area contributed by atoms with E-state index in [1.165, 1.54) is 11.3 Å². The van der Waals surface area contributed by atoms with Crippen LogP contribution in [0.25, 0.3) is 0 Å². The van der Waals surface area contributed by atoms with Gasteiger partial charge in [0.15, 0.2) is 0 Å². The molecule has 4 rings (SSSR count). The van der Waals surface area contributed by atoms with Gasteiger partial charge in [0.1, 0.15) is 11.5 Å². The first-order valence-electron chi connectivity index (χ1n) is 10.1. The van der Waals surface area contributed by atoms with Gasteiger partial charge in [0.25, 0.3) is 0 Å². The van der Waals surface area contributed by atoms with Gasteiger partial charge in [-0.05, 0) is 55.5 Å². The van der Waals surface area contributed by atoms with E-state index >= 15 is 0 Å². The Balaban J connectivity index is 1.55. The van der Waals surface area contributed by atoms with Crippen LogP contribution >= 0.6 is 0 Å². The van der Waals surface area contributed by atoms with Gasteiger partial charge in [-0.1, -0.05) is 18.2 Å². The summed E-state index contributed by atoms with van der Waals surface area (Å²) >= 11 is 0. The summed E-state index contributed by atoms with van der Waals surface area (Å²) in [4.78, 5) is 17.5. The molecule has 2 aliphatic rings. The Bertz CT molecular complexity index is 851. The molecule has 2 aromatic rings. The van der Waals surface area contributed by atoms with E-state index in [1.54, 1.807) is 14.2 Å². The van der Waals surface area contributed by atoms with Gasteiger partial charge in [0.2, 0.25) is 5.91 Å². The molecule has 0 radical (unpaired) electrons. The van der Waals surface area contributed by atoms with Gasteiger partial charge >= 0.3 is 0 Å². The van der Waals surface area contributed by atoms with E-state index in [4.69, 9.17) is 9.47 Å². The van der Waals surface area contributed by atoms with Crippen LogP contribution in [-0.4, -0.2) is 44.7 Å². The van der Waals surface area contributed by atoms with Crippen molar-refractivity contribution in [2.24, 2.45) is 0 Å². The number of amides is 1. The molecule has 1 fully saturated rings. The number of hydrogen-bond acceptors (Lipinski definition) is 4. The van der Waals surface area contributed by atoms with Gasteiger partial charge in [-0.3, -0.25) is 4.79 Å². The molecule has 2 aliphatic heterocycles. The van der Waals surface area contributed by atoms with Gasteiger partial charge in [-0.25, -0.2) is 0 Å². The van der Waals surface area contributed by atoms with E-state index in [9.17, 15) is 4.79 Å². The van der Waals surface area contributed by atoms with Gasteiger partial charge in [0.05, 0.1) is 26.8 Å². The summed E-state index contributed by atoms with van der Waals surface area (Å²) in [7, 11) is 3.34. The number of fused-ring (bicyclic) bond motifs is 1. The van der Waals surface area contributed by atoms with Crippen molar-refractivity contribution in [3.05, 3.63) is 53.6 Å². The molecule has 1 atom stereocenters. The average Bonchev–Trinajstić information content (AvgIpc) is 3.23. The lowest BCUT2D eigenvalue weighted by Crippen LogP contribution is -2.42. The number of para-hydroxylation sites is 1. The molecule has 0 N–H and O–H groups in total. The maximum Gasteiger partial charge on any atom is 0.242 e. The summed E-state index contributed by atoms with van der Waals surface area (Å²) < 4.78 is 11.0. The van der Waals surface area contributed by atoms with E-state index in [0.717, 1.165) is 55.8 Å². The van der Waals surface area contributed by atoms with Crippen molar-refractivity contribution >= 4 is 11.6 Å². The Morgan fingerprint density at radius 2 is 1.93 bits per heavy atom. The summed E-state index contributed by atoms with van der Waals surface area (Å²) in [6.07, 6.45) is 4.14. The molecule has 0 unspecified atom stereocenters. The molecule has 0 bridgehead atoms. The molecule has 28 heavy (non-hydrogen) atoms. The largest absolute Gasteiger partial charge is 0.497 e. The monoisotopic (exact) mass is 380 g/mol.